The van der Waals surface area contributed by atoms with Crippen molar-refractivity contribution in [3.8, 4) is 5.75 Å². The van der Waals surface area contributed by atoms with Crippen LogP contribution in [0.2, 0.25) is 0 Å². The summed E-state index contributed by atoms with van der Waals surface area (Å²) in [6.45, 7) is 0. The fourth-order valence-corrected chi connectivity index (χ4v) is 5.35. The van der Waals surface area contributed by atoms with Crippen molar-refractivity contribution >= 4 is 56.8 Å². The van der Waals surface area contributed by atoms with E-state index in [0.717, 1.165) is 27.8 Å². The molecule has 0 radical (unpaired) electrons. The third-order valence-corrected chi connectivity index (χ3v) is 7.25. The lowest BCUT2D eigenvalue weighted by Crippen LogP contribution is -2.50. The normalized spacial score (nSPS) is 16.2. The molecule has 2 unspecified atom stereocenters. The molecule has 40 heavy (non-hydrogen) atoms. The molecule has 0 bridgehead atoms. The van der Waals surface area contributed by atoms with Gasteiger partial charge in [0.25, 0.3) is 11.8 Å². The maximum atomic E-state index is 14.1. The van der Waals surface area contributed by atoms with Gasteiger partial charge in [0.05, 0.1) is 11.3 Å². The molecule has 2 amide bonds. The molecular formula is C29H20F3IN2O5. The Kier molecular flexibility index (Phi) is 7.41. The molecule has 0 spiro atoms. The first kappa shape index (κ1) is 27.4. The smallest absolute Gasteiger partial charge is 0.480 e. The van der Waals surface area contributed by atoms with E-state index in [4.69, 9.17) is 0 Å². The molecular weight excluding hydrogens is 640 g/mol. The second kappa shape index (κ2) is 10.8. The molecule has 7 nitrogen and oxygen atoms in total. The number of rotatable bonds is 6. The number of anilines is 1. The third kappa shape index (κ3) is 5.60. The van der Waals surface area contributed by atoms with Gasteiger partial charge in [-0.2, -0.15) is 0 Å². The molecule has 4 aromatic carbocycles. The Morgan fingerprint density at radius 2 is 1.70 bits per heavy atom. The molecule has 204 valence electrons. The van der Waals surface area contributed by atoms with E-state index < -0.39 is 42.0 Å². The molecule has 1 heterocycles. The number of carboxylic acids is 1. The Balaban J connectivity index is 1.64. The standard InChI is InChI=1S/C29H20F3IN2O5/c30-29(31,32)40-20-11-8-17(9-12-20)25-26(36)34-23-13-10-19(33)15-22(23)27(37)35(25)24(28(38)39)14-18-6-3-5-16-4-1-2-7-21(16)18/h1-13,15,24-25H,14H2,(H,34,36)(H,38,39). The predicted molar refractivity (Wildman–Crippen MR) is 149 cm³/mol. The van der Waals surface area contributed by atoms with Crippen molar-refractivity contribution < 1.29 is 37.4 Å². The molecule has 1 aliphatic heterocycles. The summed E-state index contributed by atoms with van der Waals surface area (Å²) in [7, 11) is 0. The van der Waals surface area contributed by atoms with Crippen LogP contribution in [-0.2, 0) is 16.0 Å². The fraction of sp³-hybridized carbons (Fsp3) is 0.138. The minimum absolute atomic E-state index is 0.101. The number of carboxylic acid groups (broad SMARTS) is 1. The van der Waals surface area contributed by atoms with E-state index in [0.29, 0.717) is 9.13 Å². The van der Waals surface area contributed by atoms with Crippen molar-refractivity contribution in [3.05, 3.63) is 105 Å². The zero-order valence-corrected chi connectivity index (χ0v) is 22.6. The van der Waals surface area contributed by atoms with E-state index in [-0.39, 0.29) is 23.2 Å². The number of alkyl halides is 3. The summed E-state index contributed by atoms with van der Waals surface area (Å²) < 4.78 is 42.8. The van der Waals surface area contributed by atoms with Gasteiger partial charge in [0.1, 0.15) is 17.8 Å². The van der Waals surface area contributed by atoms with Crippen LogP contribution in [-0.4, -0.2) is 40.2 Å². The van der Waals surface area contributed by atoms with Crippen LogP contribution < -0.4 is 10.1 Å². The largest absolute Gasteiger partial charge is 0.573 e. The van der Waals surface area contributed by atoms with Gasteiger partial charge in [0, 0.05) is 9.99 Å². The van der Waals surface area contributed by atoms with Gasteiger partial charge in [-0.3, -0.25) is 9.59 Å². The number of ether oxygens (including phenoxy) is 1. The summed E-state index contributed by atoms with van der Waals surface area (Å²) in [5.41, 5.74) is 1.07. The summed E-state index contributed by atoms with van der Waals surface area (Å²) in [6.07, 6.45) is -5.05. The van der Waals surface area contributed by atoms with Crippen molar-refractivity contribution in [2.24, 2.45) is 0 Å². The van der Waals surface area contributed by atoms with Gasteiger partial charge in [-0.15, -0.1) is 13.2 Å². The van der Waals surface area contributed by atoms with Crippen LogP contribution in [0.1, 0.15) is 27.5 Å². The van der Waals surface area contributed by atoms with Gasteiger partial charge in [-0.1, -0.05) is 54.6 Å². The van der Waals surface area contributed by atoms with Crippen LogP contribution in [0, 0.1) is 3.57 Å². The summed E-state index contributed by atoms with van der Waals surface area (Å²) in [6, 6.07) is 19.1. The number of nitrogens with one attached hydrogen (secondary N) is 1. The second-order valence-corrected chi connectivity index (χ2v) is 10.4. The van der Waals surface area contributed by atoms with E-state index in [9.17, 15) is 32.7 Å². The Hall–Kier alpha value is -4.13. The lowest BCUT2D eigenvalue weighted by molar-refractivity contribution is -0.274. The van der Waals surface area contributed by atoms with Gasteiger partial charge >= 0.3 is 12.3 Å². The number of hydrogen-bond acceptors (Lipinski definition) is 4. The molecule has 0 saturated carbocycles. The van der Waals surface area contributed by atoms with Crippen molar-refractivity contribution in [1.82, 2.24) is 4.90 Å². The zero-order chi connectivity index (χ0) is 28.6. The SMILES string of the molecule is O=C(O)C(Cc1cccc2ccccc12)N1C(=O)c2cc(I)ccc2NC(=O)C1c1ccc(OC(F)(F)F)cc1. The highest BCUT2D eigenvalue weighted by atomic mass is 127. The highest BCUT2D eigenvalue weighted by molar-refractivity contribution is 14.1. The highest BCUT2D eigenvalue weighted by Crippen LogP contribution is 2.36. The van der Waals surface area contributed by atoms with Crippen LogP contribution in [0.25, 0.3) is 10.8 Å². The Morgan fingerprint density at radius 3 is 2.40 bits per heavy atom. The van der Waals surface area contributed by atoms with Crippen LogP contribution in [0.15, 0.2) is 84.9 Å². The van der Waals surface area contributed by atoms with E-state index >= 15 is 0 Å². The summed E-state index contributed by atoms with van der Waals surface area (Å²) in [5.74, 6) is -3.28. The van der Waals surface area contributed by atoms with E-state index in [2.05, 4.69) is 10.1 Å². The molecule has 0 aromatic heterocycles. The monoisotopic (exact) mass is 660 g/mol. The topological polar surface area (TPSA) is 95.9 Å². The lowest BCUT2D eigenvalue weighted by Gasteiger charge is -2.34. The quantitative estimate of drug-likeness (QED) is 0.241. The number of hydrogen-bond donors (Lipinski definition) is 2. The lowest BCUT2D eigenvalue weighted by atomic mass is 9.95. The van der Waals surface area contributed by atoms with E-state index in [1.165, 1.54) is 12.1 Å². The van der Waals surface area contributed by atoms with E-state index in [1.807, 2.05) is 52.9 Å². The van der Waals surface area contributed by atoms with E-state index in [1.54, 1.807) is 30.3 Å². The second-order valence-electron chi connectivity index (χ2n) is 9.11. The first-order valence-electron chi connectivity index (χ1n) is 12.0. The molecule has 5 rings (SSSR count). The Bertz CT molecular complexity index is 1620. The van der Waals surface area contributed by atoms with Gasteiger partial charge in [-0.25, -0.2) is 4.79 Å². The minimum Gasteiger partial charge on any atom is -0.480 e. The molecule has 0 aliphatic carbocycles. The molecule has 2 atom stereocenters. The predicted octanol–water partition coefficient (Wildman–Crippen LogP) is 6.17. The number of carbonyl (C=O) groups excluding carboxylic acids is 2. The van der Waals surface area contributed by atoms with Gasteiger partial charge in [-0.05, 0) is 74.8 Å². The average Bonchev–Trinajstić information content (AvgIpc) is 3.00. The number of carbonyl (C=O) groups is 3. The van der Waals surface area contributed by atoms with Gasteiger partial charge in [0.2, 0.25) is 0 Å². The fourth-order valence-electron chi connectivity index (χ4n) is 4.85. The number of benzene rings is 4. The number of aliphatic carboxylic acids is 1. The maximum absolute atomic E-state index is 14.1. The van der Waals surface area contributed by atoms with Crippen LogP contribution >= 0.6 is 22.6 Å². The van der Waals surface area contributed by atoms with Crippen molar-refractivity contribution in [1.29, 1.82) is 0 Å². The number of halogens is 4. The Morgan fingerprint density at radius 1 is 1.00 bits per heavy atom. The zero-order valence-electron chi connectivity index (χ0n) is 20.5. The third-order valence-electron chi connectivity index (χ3n) is 6.57. The average molecular weight is 660 g/mol. The summed E-state index contributed by atoms with van der Waals surface area (Å²) in [5, 5.41) is 14.8. The number of amides is 2. The molecule has 1 aliphatic rings. The van der Waals surface area contributed by atoms with Crippen molar-refractivity contribution in [2.45, 2.75) is 24.9 Å². The molecule has 11 heteroatoms. The van der Waals surface area contributed by atoms with Crippen molar-refractivity contribution in [3.63, 3.8) is 0 Å². The number of nitrogens with zero attached hydrogens (tertiary/aromatic N) is 1. The minimum atomic E-state index is -4.92. The van der Waals surface area contributed by atoms with Gasteiger partial charge < -0.3 is 20.1 Å². The Labute approximate surface area is 239 Å². The summed E-state index contributed by atoms with van der Waals surface area (Å²) in [4.78, 5) is 41.5. The van der Waals surface area contributed by atoms with Gasteiger partial charge in [0.15, 0.2) is 0 Å². The molecule has 2 N–H and O–H groups in total. The molecule has 4 aromatic rings. The van der Waals surface area contributed by atoms with Crippen LogP contribution in [0.4, 0.5) is 18.9 Å². The molecule has 0 fully saturated rings. The van der Waals surface area contributed by atoms with Crippen LogP contribution in [0.5, 0.6) is 5.75 Å². The number of fused-ring (bicyclic) bond motifs is 2. The highest BCUT2D eigenvalue weighted by Gasteiger charge is 2.43. The molecule has 0 saturated heterocycles. The van der Waals surface area contributed by atoms with Crippen LogP contribution in [0.3, 0.4) is 0 Å². The van der Waals surface area contributed by atoms with Crippen molar-refractivity contribution in [2.75, 3.05) is 5.32 Å². The first-order chi connectivity index (χ1) is 19.0. The summed E-state index contributed by atoms with van der Waals surface area (Å²) >= 11 is 2.01. The first-order valence-corrected chi connectivity index (χ1v) is 13.1. The maximum Gasteiger partial charge on any atom is 0.573 e.